The molecule has 0 aliphatic rings. The summed E-state index contributed by atoms with van der Waals surface area (Å²) < 4.78 is 1.87. The highest BCUT2D eigenvalue weighted by molar-refractivity contribution is 5.76. The van der Waals surface area contributed by atoms with E-state index in [-0.39, 0.29) is 5.91 Å². The summed E-state index contributed by atoms with van der Waals surface area (Å²) in [4.78, 5) is 17.0. The zero-order chi connectivity index (χ0) is 20.4. The maximum absolute atomic E-state index is 12.4. The number of fused-ring (bicyclic) bond motifs is 1. The molecule has 1 aromatic carbocycles. The maximum Gasteiger partial charge on any atom is 0.220 e. The van der Waals surface area contributed by atoms with Crippen LogP contribution in [0.15, 0.2) is 18.2 Å². The van der Waals surface area contributed by atoms with Crippen molar-refractivity contribution in [2.24, 2.45) is 0 Å². The van der Waals surface area contributed by atoms with Crippen molar-refractivity contribution >= 4 is 11.6 Å². The van der Waals surface area contributed by atoms with Crippen LogP contribution in [0.4, 0.5) is 0 Å². The van der Waals surface area contributed by atoms with E-state index in [1.54, 1.807) is 0 Å². The Labute approximate surface area is 167 Å². The fraction of sp³-hybridized carbons (Fsp3) is 0.435. The normalized spacial score (nSPS) is 11.2. The molecular formula is C23H30N4O. The van der Waals surface area contributed by atoms with Gasteiger partial charge in [0, 0.05) is 30.4 Å². The number of nitrogens with one attached hydrogen (secondary N) is 1. The SMILES string of the molecule is Cc1cc(C)c(CCNC(=O)CCc2c(C)nc3cc(C)nn3c2C)c(C)c1. The van der Waals surface area contributed by atoms with Crippen molar-refractivity contribution < 1.29 is 4.79 Å². The average molecular weight is 379 g/mol. The van der Waals surface area contributed by atoms with Crippen LogP contribution in [0.3, 0.4) is 0 Å². The molecule has 0 aliphatic heterocycles. The van der Waals surface area contributed by atoms with Gasteiger partial charge in [0.2, 0.25) is 5.91 Å². The Hall–Kier alpha value is -2.69. The Kier molecular flexibility index (Phi) is 5.82. The molecule has 3 rings (SSSR count). The number of rotatable bonds is 6. The number of benzene rings is 1. The molecule has 0 saturated carbocycles. The highest BCUT2D eigenvalue weighted by Crippen LogP contribution is 2.18. The van der Waals surface area contributed by atoms with E-state index in [1.807, 2.05) is 31.4 Å². The molecule has 1 N–H and O–H groups in total. The first-order valence-electron chi connectivity index (χ1n) is 9.92. The third-order valence-corrected chi connectivity index (χ3v) is 5.43. The van der Waals surface area contributed by atoms with E-state index >= 15 is 0 Å². The fourth-order valence-electron chi connectivity index (χ4n) is 4.06. The number of hydrogen-bond donors (Lipinski definition) is 1. The second-order valence-electron chi connectivity index (χ2n) is 7.79. The number of carbonyl (C=O) groups is 1. The second kappa shape index (κ2) is 8.13. The summed E-state index contributed by atoms with van der Waals surface area (Å²) in [5.41, 5.74) is 10.2. The topological polar surface area (TPSA) is 59.3 Å². The van der Waals surface area contributed by atoms with Gasteiger partial charge in [0.15, 0.2) is 5.65 Å². The number of nitrogens with zero attached hydrogens (tertiary/aromatic N) is 3. The molecule has 1 amide bonds. The monoisotopic (exact) mass is 378 g/mol. The predicted molar refractivity (Wildman–Crippen MR) is 113 cm³/mol. The Morgan fingerprint density at radius 2 is 1.64 bits per heavy atom. The first kappa shape index (κ1) is 20.1. The zero-order valence-electron chi connectivity index (χ0n) is 17.8. The van der Waals surface area contributed by atoms with Crippen LogP contribution in [-0.4, -0.2) is 27.0 Å². The van der Waals surface area contributed by atoms with Crippen LogP contribution < -0.4 is 5.32 Å². The van der Waals surface area contributed by atoms with Gasteiger partial charge in [-0.3, -0.25) is 4.79 Å². The summed E-state index contributed by atoms with van der Waals surface area (Å²) >= 11 is 0. The lowest BCUT2D eigenvalue weighted by Crippen LogP contribution is -2.26. The summed E-state index contributed by atoms with van der Waals surface area (Å²) in [5.74, 6) is 0.0814. The summed E-state index contributed by atoms with van der Waals surface area (Å²) in [6.07, 6.45) is 2.00. The molecule has 2 heterocycles. The van der Waals surface area contributed by atoms with Crippen molar-refractivity contribution in [3.05, 3.63) is 63.1 Å². The molecule has 5 heteroatoms. The van der Waals surface area contributed by atoms with Gasteiger partial charge in [-0.05, 0) is 76.6 Å². The van der Waals surface area contributed by atoms with Gasteiger partial charge < -0.3 is 5.32 Å². The number of aromatic nitrogens is 3. The number of carbonyl (C=O) groups excluding carboxylic acids is 1. The van der Waals surface area contributed by atoms with Crippen LogP contribution in [-0.2, 0) is 17.6 Å². The van der Waals surface area contributed by atoms with Gasteiger partial charge in [-0.2, -0.15) is 5.10 Å². The molecule has 0 saturated heterocycles. The molecule has 0 aliphatic carbocycles. The van der Waals surface area contributed by atoms with Crippen LogP contribution in [0.25, 0.3) is 5.65 Å². The van der Waals surface area contributed by atoms with Crippen LogP contribution in [0, 0.1) is 41.5 Å². The van der Waals surface area contributed by atoms with E-state index in [2.05, 4.69) is 48.3 Å². The average Bonchev–Trinajstić information content (AvgIpc) is 2.97. The second-order valence-corrected chi connectivity index (χ2v) is 7.79. The van der Waals surface area contributed by atoms with Crippen molar-refractivity contribution in [1.29, 1.82) is 0 Å². The lowest BCUT2D eigenvalue weighted by molar-refractivity contribution is -0.121. The van der Waals surface area contributed by atoms with Crippen molar-refractivity contribution in [1.82, 2.24) is 19.9 Å². The van der Waals surface area contributed by atoms with E-state index in [0.717, 1.165) is 34.7 Å². The van der Waals surface area contributed by atoms with Crippen LogP contribution >= 0.6 is 0 Å². The van der Waals surface area contributed by atoms with Gasteiger partial charge in [0.1, 0.15) is 0 Å². The first-order chi connectivity index (χ1) is 13.3. The molecule has 0 radical (unpaired) electrons. The molecule has 0 spiro atoms. The van der Waals surface area contributed by atoms with Crippen molar-refractivity contribution in [3.63, 3.8) is 0 Å². The molecule has 28 heavy (non-hydrogen) atoms. The minimum absolute atomic E-state index is 0.0814. The molecule has 2 aromatic heterocycles. The molecule has 0 bridgehead atoms. The van der Waals surface area contributed by atoms with Crippen LogP contribution in [0.1, 0.15) is 51.3 Å². The Bertz CT molecular complexity index is 1010. The van der Waals surface area contributed by atoms with Gasteiger partial charge in [-0.1, -0.05) is 17.7 Å². The van der Waals surface area contributed by atoms with Crippen LogP contribution in [0.5, 0.6) is 0 Å². The Morgan fingerprint density at radius 1 is 0.964 bits per heavy atom. The molecule has 3 aromatic rings. The highest BCUT2D eigenvalue weighted by Gasteiger charge is 2.13. The van der Waals surface area contributed by atoms with Gasteiger partial charge in [-0.15, -0.1) is 0 Å². The molecule has 5 nitrogen and oxygen atoms in total. The van der Waals surface area contributed by atoms with E-state index in [4.69, 9.17) is 0 Å². The lowest BCUT2D eigenvalue weighted by atomic mass is 9.97. The summed E-state index contributed by atoms with van der Waals surface area (Å²) in [6, 6.07) is 6.39. The summed E-state index contributed by atoms with van der Waals surface area (Å²) in [5, 5.41) is 7.57. The van der Waals surface area contributed by atoms with Gasteiger partial charge in [0.05, 0.1) is 5.69 Å². The Balaban J connectivity index is 1.59. The predicted octanol–water partition coefficient (Wildman–Crippen LogP) is 3.87. The molecule has 0 atom stereocenters. The fourth-order valence-corrected chi connectivity index (χ4v) is 4.06. The quantitative estimate of drug-likeness (QED) is 0.708. The van der Waals surface area contributed by atoms with Crippen molar-refractivity contribution in [2.45, 2.75) is 60.8 Å². The van der Waals surface area contributed by atoms with Crippen molar-refractivity contribution in [3.8, 4) is 0 Å². The largest absolute Gasteiger partial charge is 0.356 e. The maximum atomic E-state index is 12.4. The minimum atomic E-state index is 0.0814. The van der Waals surface area contributed by atoms with E-state index in [1.165, 1.54) is 22.3 Å². The number of hydrogen-bond acceptors (Lipinski definition) is 3. The van der Waals surface area contributed by atoms with E-state index in [0.29, 0.717) is 19.4 Å². The third-order valence-electron chi connectivity index (χ3n) is 5.43. The molecule has 0 fully saturated rings. The first-order valence-corrected chi connectivity index (χ1v) is 9.92. The van der Waals surface area contributed by atoms with Gasteiger partial charge in [-0.25, -0.2) is 9.50 Å². The summed E-state index contributed by atoms with van der Waals surface area (Å²) in [6.45, 7) is 13.1. The Morgan fingerprint density at radius 3 is 2.32 bits per heavy atom. The smallest absolute Gasteiger partial charge is 0.220 e. The summed E-state index contributed by atoms with van der Waals surface area (Å²) in [7, 11) is 0. The van der Waals surface area contributed by atoms with Crippen LogP contribution in [0.2, 0.25) is 0 Å². The molecule has 148 valence electrons. The van der Waals surface area contributed by atoms with E-state index in [9.17, 15) is 4.79 Å². The minimum Gasteiger partial charge on any atom is -0.356 e. The standard InChI is InChI=1S/C23H30N4O/c1-14-11-15(2)20(16(3)12-14)9-10-24-23(28)8-7-21-18(5)25-22-13-17(4)26-27(22)19(21)6/h11-13H,7-10H2,1-6H3,(H,24,28). The van der Waals surface area contributed by atoms with Gasteiger partial charge in [0.25, 0.3) is 0 Å². The molecular weight excluding hydrogens is 348 g/mol. The van der Waals surface area contributed by atoms with Crippen molar-refractivity contribution in [2.75, 3.05) is 6.54 Å². The number of amides is 1. The molecule has 0 unspecified atom stereocenters. The highest BCUT2D eigenvalue weighted by atomic mass is 16.1. The third kappa shape index (κ3) is 4.24. The van der Waals surface area contributed by atoms with Gasteiger partial charge >= 0.3 is 0 Å². The number of aryl methyl sites for hydroxylation is 6. The zero-order valence-corrected chi connectivity index (χ0v) is 17.8. The lowest BCUT2D eigenvalue weighted by Gasteiger charge is -2.13. The van der Waals surface area contributed by atoms with E-state index < -0.39 is 0 Å².